The van der Waals surface area contributed by atoms with Crippen LogP contribution in [-0.4, -0.2) is 34.7 Å². The summed E-state index contributed by atoms with van der Waals surface area (Å²) in [6.45, 7) is 6.28. The van der Waals surface area contributed by atoms with Gasteiger partial charge in [0.05, 0.1) is 30.0 Å². The van der Waals surface area contributed by atoms with Gasteiger partial charge in [-0.2, -0.15) is 15.2 Å². The van der Waals surface area contributed by atoms with E-state index in [-0.39, 0.29) is 12.0 Å². The van der Waals surface area contributed by atoms with Crippen molar-refractivity contribution in [2.45, 2.75) is 45.6 Å². The summed E-state index contributed by atoms with van der Waals surface area (Å²) in [5, 5.41) is 8.07. The molecule has 0 aromatic carbocycles. The fourth-order valence-electron chi connectivity index (χ4n) is 2.17. The van der Waals surface area contributed by atoms with Gasteiger partial charge in [0.1, 0.15) is 5.76 Å². The molecule has 1 unspecified atom stereocenters. The molecule has 0 bridgehead atoms. The average molecular weight is 329 g/mol. The molecule has 1 atom stereocenters. The molecule has 0 aliphatic heterocycles. The number of hydrogen-bond donors (Lipinski definition) is 0. The SMILES string of the molecule is CCCCOC1=CC(=NC(=O)OC(C)C)C=CC1c1cccnn1. The van der Waals surface area contributed by atoms with Crippen molar-refractivity contribution in [3.63, 3.8) is 0 Å². The van der Waals surface area contributed by atoms with Crippen LogP contribution in [-0.2, 0) is 9.47 Å². The van der Waals surface area contributed by atoms with E-state index < -0.39 is 6.09 Å². The fourth-order valence-corrected chi connectivity index (χ4v) is 2.17. The Labute approximate surface area is 142 Å². The first-order valence-electron chi connectivity index (χ1n) is 8.19. The predicted octanol–water partition coefficient (Wildman–Crippen LogP) is 3.82. The van der Waals surface area contributed by atoms with E-state index in [2.05, 4.69) is 22.1 Å². The second-order valence-corrected chi connectivity index (χ2v) is 5.70. The third-order valence-electron chi connectivity index (χ3n) is 3.29. The Morgan fingerprint density at radius 3 is 2.92 bits per heavy atom. The Balaban J connectivity index is 2.20. The van der Waals surface area contributed by atoms with Crippen LogP contribution in [0, 0.1) is 0 Å². The summed E-state index contributed by atoms with van der Waals surface area (Å²) in [4.78, 5) is 15.7. The van der Waals surface area contributed by atoms with Crippen LogP contribution in [0.5, 0.6) is 0 Å². The number of carbonyl (C=O) groups is 1. The maximum absolute atomic E-state index is 11.7. The van der Waals surface area contributed by atoms with Crippen molar-refractivity contribution in [2.24, 2.45) is 4.99 Å². The zero-order valence-corrected chi connectivity index (χ0v) is 14.3. The highest BCUT2D eigenvalue weighted by Gasteiger charge is 2.21. The lowest BCUT2D eigenvalue weighted by Gasteiger charge is -2.20. The summed E-state index contributed by atoms with van der Waals surface area (Å²) < 4.78 is 10.9. The second-order valence-electron chi connectivity index (χ2n) is 5.70. The molecule has 128 valence electrons. The van der Waals surface area contributed by atoms with E-state index in [1.54, 1.807) is 32.2 Å². The van der Waals surface area contributed by atoms with Crippen molar-refractivity contribution in [1.82, 2.24) is 10.2 Å². The summed E-state index contributed by atoms with van der Waals surface area (Å²) in [5.41, 5.74) is 1.30. The standard InChI is InChI=1S/C18H23N3O3/c1-4-5-11-23-17-12-14(20-18(22)24-13(2)3)8-9-15(17)16-7-6-10-19-21-16/h6-10,12-13,15H,4-5,11H2,1-3H3. The molecule has 6 nitrogen and oxygen atoms in total. The predicted molar refractivity (Wildman–Crippen MR) is 91.9 cm³/mol. The number of allylic oxidation sites excluding steroid dienone is 3. The van der Waals surface area contributed by atoms with Crippen LogP contribution in [0.3, 0.4) is 0 Å². The molecule has 0 N–H and O–H groups in total. The number of unbranched alkanes of at least 4 members (excludes halogenated alkanes) is 1. The van der Waals surface area contributed by atoms with Crippen molar-refractivity contribution >= 4 is 11.8 Å². The molecular formula is C18H23N3O3. The normalized spacial score (nSPS) is 18.6. The maximum Gasteiger partial charge on any atom is 0.434 e. The number of aliphatic imine (C=N–C) groups is 1. The molecule has 0 spiro atoms. The first-order chi connectivity index (χ1) is 11.6. The minimum Gasteiger partial charge on any atom is -0.497 e. The number of hydrogen-bond acceptors (Lipinski definition) is 5. The highest BCUT2D eigenvalue weighted by atomic mass is 16.6. The second kappa shape index (κ2) is 8.96. The van der Waals surface area contributed by atoms with Crippen LogP contribution >= 0.6 is 0 Å². The first kappa shape index (κ1) is 17.8. The summed E-state index contributed by atoms with van der Waals surface area (Å²) in [6, 6.07) is 3.73. The molecule has 2 rings (SSSR count). The van der Waals surface area contributed by atoms with Gasteiger partial charge in [0, 0.05) is 12.3 Å². The van der Waals surface area contributed by atoms with Crippen molar-refractivity contribution in [2.75, 3.05) is 6.61 Å². The molecule has 0 fully saturated rings. The van der Waals surface area contributed by atoms with E-state index in [9.17, 15) is 4.79 Å². The van der Waals surface area contributed by atoms with E-state index in [1.807, 2.05) is 18.2 Å². The number of nitrogens with zero attached hydrogens (tertiary/aromatic N) is 3. The number of aromatic nitrogens is 2. The van der Waals surface area contributed by atoms with Crippen LogP contribution in [0.25, 0.3) is 0 Å². The number of ether oxygens (including phenoxy) is 2. The van der Waals surface area contributed by atoms with Crippen molar-refractivity contribution in [3.05, 3.63) is 48.0 Å². The van der Waals surface area contributed by atoms with Gasteiger partial charge in [0.25, 0.3) is 0 Å². The molecule has 1 aliphatic carbocycles. The molecular weight excluding hydrogens is 306 g/mol. The summed E-state index contributed by atoms with van der Waals surface area (Å²) in [7, 11) is 0. The van der Waals surface area contributed by atoms with Crippen LogP contribution in [0.1, 0.15) is 45.2 Å². The van der Waals surface area contributed by atoms with Gasteiger partial charge in [-0.15, -0.1) is 0 Å². The molecule has 0 radical (unpaired) electrons. The molecule has 1 amide bonds. The lowest BCUT2D eigenvalue weighted by atomic mass is 9.96. The summed E-state index contributed by atoms with van der Waals surface area (Å²) in [6.07, 6.45) is 8.26. The van der Waals surface area contributed by atoms with Gasteiger partial charge in [-0.3, -0.25) is 0 Å². The van der Waals surface area contributed by atoms with Gasteiger partial charge in [-0.05, 0) is 38.5 Å². The third kappa shape index (κ3) is 5.30. The van der Waals surface area contributed by atoms with E-state index in [4.69, 9.17) is 9.47 Å². The minimum absolute atomic E-state index is 0.129. The smallest absolute Gasteiger partial charge is 0.434 e. The Hall–Kier alpha value is -2.50. The van der Waals surface area contributed by atoms with Gasteiger partial charge in [0.2, 0.25) is 0 Å². The van der Waals surface area contributed by atoms with E-state index in [1.165, 1.54) is 0 Å². The monoisotopic (exact) mass is 329 g/mol. The van der Waals surface area contributed by atoms with Crippen LogP contribution in [0.4, 0.5) is 4.79 Å². The highest BCUT2D eigenvalue weighted by molar-refractivity contribution is 6.09. The average Bonchev–Trinajstić information content (AvgIpc) is 2.55. The lowest BCUT2D eigenvalue weighted by Crippen LogP contribution is -2.14. The first-order valence-corrected chi connectivity index (χ1v) is 8.19. The zero-order chi connectivity index (χ0) is 17.4. The number of rotatable bonds is 6. The Bertz CT molecular complexity index is 636. The molecule has 1 aliphatic rings. The van der Waals surface area contributed by atoms with Crippen LogP contribution in [0.2, 0.25) is 0 Å². The van der Waals surface area contributed by atoms with Gasteiger partial charge < -0.3 is 9.47 Å². The molecule has 1 heterocycles. The molecule has 0 saturated carbocycles. The summed E-state index contributed by atoms with van der Waals surface area (Å²) in [5.74, 6) is 0.582. The Morgan fingerprint density at radius 1 is 1.42 bits per heavy atom. The maximum atomic E-state index is 11.7. The number of carbonyl (C=O) groups excluding carboxylic acids is 1. The van der Waals surface area contributed by atoms with E-state index in [0.717, 1.165) is 18.5 Å². The van der Waals surface area contributed by atoms with Gasteiger partial charge in [-0.1, -0.05) is 19.4 Å². The molecule has 6 heteroatoms. The zero-order valence-electron chi connectivity index (χ0n) is 14.3. The van der Waals surface area contributed by atoms with Crippen LogP contribution in [0.15, 0.2) is 47.3 Å². The minimum atomic E-state index is -0.605. The number of amides is 1. The summed E-state index contributed by atoms with van der Waals surface area (Å²) >= 11 is 0. The van der Waals surface area contributed by atoms with E-state index >= 15 is 0 Å². The highest BCUT2D eigenvalue weighted by Crippen LogP contribution is 2.28. The van der Waals surface area contributed by atoms with Gasteiger partial charge in [0.15, 0.2) is 0 Å². The van der Waals surface area contributed by atoms with Crippen LogP contribution < -0.4 is 0 Å². The largest absolute Gasteiger partial charge is 0.497 e. The quantitative estimate of drug-likeness (QED) is 0.742. The van der Waals surface area contributed by atoms with Gasteiger partial charge in [-0.25, -0.2) is 4.79 Å². The molecule has 24 heavy (non-hydrogen) atoms. The van der Waals surface area contributed by atoms with Crippen molar-refractivity contribution in [3.8, 4) is 0 Å². The third-order valence-corrected chi connectivity index (χ3v) is 3.29. The topological polar surface area (TPSA) is 73.7 Å². The van der Waals surface area contributed by atoms with Crippen molar-refractivity contribution < 1.29 is 14.3 Å². The lowest BCUT2D eigenvalue weighted by molar-refractivity contribution is 0.126. The Kier molecular flexibility index (Phi) is 6.66. The molecule has 1 aromatic heterocycles. The molecule has 1 aromatic rings. The Morgan fingerprint density at radius 2 is 2.25 bits per heavy atom. The van der Waals surface area contributed by atoms with Crippen molar-refractivity contribution in [1.29, 1.82) is 0 Å². The molecule has 0 saturated heterocycles. The van der Waals surface area contributed by atoms with Gasteiger partial charge >= 0.3 is 6.09 Å². The fraction of sp³-hybridized carbons (Fsp3) is 0.444. The van der Waals surface area contributed by atoms with E-state index in [0.29, 0.717) is 18.1 Å².